The van der Waals surface area contributed by atoms with Crippen LogP contribution < -0.4 is 11.1 Å². The van der Waals surface area contributed by atoms with Crippen LogP contribution in [-0.2, 0) is 4.79 Å². The molecule has 1 heterocycles. The zero-order valence-corrected chi connectivity index (χ0v) is 12.9. The summed E-state index contributed by atoms with van der Waals surface area (Å²) in [4.78, 5) is 12.4. The summed E-state index contributed by atoms with van der Waals surface area (Å²) in [5, 5.41) is 7.59. The van der Waals surface area contributed by atoms with Gasteiger partial charge in [-0.2, -0.15) is 5.10 Å². The zero-order chi connectivity index (χ0) is 15.5. The molecule has 1 aromatic carbocycles. The SMILES string of the molecule is CCC(N)(CC)C(=O)Nc1cc(Cl)ccc1-n1cccn1. The number of anilines is 1. The van der Waals surface area contributed by atoms with Crippen molar-refractivity contribution in [3.63, 3.8) is 0 Å². The highest BCUT2D eigenvalue weighted by Crippen LogP contribution is 2.25. The molecule has 0 saturated heterocycles. The van der Waals surface area contributed by atoms with E-state index in [1.54, 1.807) is 35.3 Å². The molecular formula is C15H19ClN4O. The van der Waals surface area contributed by atoms with E-state index in [0.29, 0.717) is 23.6 Å². The second-order valence-electron chi connectivity index (χ2n) is 4.93. The van der Waals surface area contributed by atoms with E-state index in [2.05, 4.69) is 10.4 Å². The molecule has 2 aromatic rings. The second-order valence-corrected chi connectivity index (χ2v) is 5.37. The maximum atomic E-state index is 12.4. The molecule has 0 aliphatic rings. The van der Waals surface area contributed by atoms with Crippen LogP contribution >= 0.6 is 11.6 Å². The van der Waals surface area contributed by atoms with Gasteiger partial charge in [0.1, 0.15) is 0 Å². The van der Waals surface area contributed by atoms with Crippen molar-refractivity contribution in [2.45, 2.75) is 32.2 Å². The summed E-state index contributed by atoms with van der Waals surface area (Å²) in [5.74, 6) is -0.219. The molecule has 1 aromatic heterocycles. The summed E-state index contributed by atoms with van der Waals surface area (Å²) >= 11 is 6.03. The number of hydrogen-bond acceptors (Lipinski definition) is 3. The van der Waals surface area contributed by atoms with Gasteiger partial charge in [0.2, 0.25) is 5.91 Å². The quantitative estimate of drug-likeness (QED) is 0.892. The normalized spacial score (nSPS) is 11.4. The minimum absolute atomic E-state index is 0.219. The highest BCUT2D eigenvalue weighted by Gasteiger charge is 2.30. The monoisotopic (exact) mass is 306 g/mol. The number of carbonyl (C=O) groups is 1. The van der Waals surface area contributed by atoms with E-state index in [4.69, 9.17) is 17.3 Å². The lowest BCUT2D eigenvalue weighted by atomic mass is 9.93. The van der Waals surface area contributed by atoms with Crippen molar-refractivity contribution in [1.29, 1.82) is 0 Å². The van der Waals surface area contributed by atoms with Gasteiger partial charge in [0.25, 0.3) is 0 Å². The third-order valence-electron chi connectivity index (χ3n) is 3.67. The molecule has 0 atom stereocenters. The number of rotatable bonds is 5. The Labute approximate surface area is 129 Å². The third kappa shape index (κ3) is 3.25. The zero-order valence-electron chi connectivity index (χ0n) is 12.1. The maximum Gasteiger partial charge on any atom is 0.244 e. The van der Waals surface area contributed by atoms with Crippen LogP contribution in [-0.4, -0.2) is 21.2 Å². The van der Waals surface area contributed by atoms with Gasteiger partial charge in [0.15, 0.2) is 0 Å². The molecule has 0 saturated carbocycles. The highest BCUT2D eigenvalue weighted by atomic mass is 35.5. The molecule has 5 nitrogen and oxygen atoms in total. The van der Waals surface area contributed by atoms with Gasteiger partial charge in [-0.25, -0.2) is 4.68 Å². The van der Waals surface area contributed by atoms with Crippen molar-refractivity contribution in [3.05, 3.63) is 41.7 Å². The molecule has 0 aliphatic carbocycles. The topological polar surface area (TPSA) is 72.9 Å². The summed E-state index contributed by atoms with van der Waals surface area (Å²) in [6.07, 6.45) is 4.60. The minimum Gasteiger partial charge on any atom is -0.323 e. The van der Waals surface area contributed by atoms with E-state index in [0.717, 1.165) is 5.69 Å². The van der Waals surface area contributed by atoms with Crippen LogP contribution in [0.15, 0.2) is 36.7 Å². The molecule has 0 unspecified atom stereocenters. The van der Waals surface area contributed by atoms with Crippen molar-refractivity contribution in [2.75, 3.05) is 5.32 Å². The number of carbonyl (C=O) groups excluding carboxylic acids is 1. The third-order valence-corrected chi connectivity index (χ3v) is 3.91. The molecule has 0 radical (unpaired) electrons. The first-order valence-electron chi connectivity index (χ1n) is 6.90. The van der Waals surface area contributed by atoms with Crippen molar-refractivity contribution >= 4 is 23.2 Å². The number of benzene rings is 1. The predicted molar refractivity (Wildman–Crippen MR) is 84.7 cm³/mol. The van der Waals surface area contributed by atoms with Crippen LogP contribution in [0.2, 0.25) is 5.02 Å². The molecule has 21 heavy (non-hydrogen) atoms. The standard InChI is InChI=1S/C15H19ClN4O/c1-3-15(17,4-2)14(21)19-12-10-11(16)6-7-13(12)20-9-5-8-18-20/h5-10H,3-4,17H2,1-2H3,(H,19,21). The molecule has 3 N–H and O–H groups in total. The number of amides is 1. The van der Waals surface area contributed by atoms with Gasteiger partial charge >= 0.3 is 0 Å². The van der Waals surface area contributed by atoms with Crippen LogP contribution in [0.25, 0.3) is 5.69 Å². The lowest BCUT2D eigenvalue weighted by Crippen LogP contribution is -2.50. The molecular weight excluding hydrogens is 288 g/mol. The smallest absolute Gasteiger partial charge is 0.244 e. The highest BCUT2D eigenvalue weighted by molar-refractivity contribution is 6.31. The van der Waals surface area contributed by atoms with Gasteiger partial charge in [-0.3, -0.25) is 4.79 Å². The first kappa shape index (κ1) is 15.5. The Morgan fingerprint density at radius 2 is 2.14 bits per heavy atom. The van der Waals surface area contributed by atoms with E-state index in [9.17, 15) is 4.79 Å². The molecule has 1 amide bonds. The number of nitrogens with two attached hydrogens (primary N) is 1. The van der Waals surface area contributed by atoms with Crippen molar-refractivity contribution in [2.24, 2.45) is 5.73 Å². The van der Waals surface area contributed by atoms with Crippen LogP contribution in [0.5, 0.6) is 0 Å². The maximum absolute atomic E-state index is 12.4. The Bertz CT molecular complexity index is 621. The second kappa shape index (κ2) is 6.28. The van der Waals surface area contributed by atoms with Crippen LogP contribution in [0.4, 0.5) is 5.69 Å². The lowest BCUT2D eigenvalue weighted by Gasteiger charge is -2.25. The fourth-order valence-corrected chi connectivity index (χ4v) is 2.21. The molecule has 0 fully saturated rings. The Hall–Kier alpha value is -1.85. The summed E-state index contributed by atoms with van der Waals surface area (Å²) in [7, 11) is 0. The number of aromatic nitrogens is 2. The Morgan fingerprint density at radius 3 is 2.71 bits per heavy atom. The molecule has 0 aliphatic heterocycles. The van der Waals surface area contributed by atoms with Crippen LogP contribution in [0.1, 0.15) is 26.7 Å². The average molecular weight is 307 g/mol. The number of nitrogens with zero attached hydrogens (tertiary/aromatic N) is 2. The number of hydrogen-bond donors (Lipinski definition) is 2. The first-order chi connectivity index (χ1) is 10.00. The predicted octanol–water partition coefficient (Wildman–Crippen LogP) is 2.98. The largest absolute Gasteiger partial charge is 0.323 e. The Balaban J connectivity index is 2.36. The number of halogens is 1. The summed E-state index contributed by atoms with van der Waals surface area (Å²) in [6, 6.07) is 7.07. The van der Waals surface area contributed by atoms with Gasteiger partial charge in [-0.1, -0.05) is 25.4 Å². The Kier molecular flexibility index (Phi) is 4.65. The average Bonchev–Trinajstić information content (AvgIpc) is 3.00. The lowest BCUT2D eigenvalue weighted by molar-refractivity contribution is -0.121. The molecule has 0 bridgehead atoms. The summed E-state index contributed by atoms with van der Waals surface area (Å²) < 4.78 is 1.67. The molecule has 112 valence electrons. The fraction of sp³-hybridized carbons (Fsp3) is 0.333. The van der Waals surface area contributed by atoms with Gasteiger partial charge in [-0.05, 0) is 37.1 Å². The van der Waals surface area contributed by atoms with Crippen LogP contribution in [0, 0.1) is 0 Å². The summed E-state index contributed by atoms with van der Waals surface area (Å²) in [6.45, 7) is 3.80. The fourth-order valence-electron chi connectivity index (χ4n) is 2.04. The molecule has 0 spiro atoms. The van der Waals surface area contributed by atoms with Gasteiger partial charge in [0, 0.05) is 17.4 Å². The van der Waals surface area contributed by atoms with E-state index < -0.39 is 5.54 Å². The van der Waals surface area contributed by atoms with E-state index in [1.165, 1.54) is 0 Å². The van der Waals surface area contributed by atoms with Crippen molar-refractivity contribution in [3.8, 4) is 5.69 Å². The Morgan fingerprint density at radius 1 is 1.43 bits per heavy atom. The minimum atomic E-state index is -0.885. The van der Waals surface area contributed by atoms with Gasteiger partial charge in [0.05, 0.1) is 16.9 Å². The van der Waals surface area contributed by atoms with Crippen molar-refractivity contribution in [1.82, 2.24) is 9.78 Å². The van der Waals surface area contributed by atoms with Crippen molar-refractivity contribution < 1.29 is 4.79 Å². The van der Waals surface area contributed by atoms with E-state index in [-0.39, 0.29) is 5.91 Å². The summed E-state index contributed by atoms with van der Waals surface area (Å²) in [5.41, 5.74) is 6.58. The van der Waals surface area contributed by atoms with E-state index in [1.807, 2.05) is 19.9 Å². The van der Waals surface area contributed by atoms with Crippen LogP contribution in [0.3, 0.4) is 0 Å². The number of nitrogens with one attached hydrogen (secondary N) is 1. The van der Waals surface area contributed by atoms with Gasteiger partial charge < -0.3 is 11.1 Å². The van der Waals surface area contributed by atoms with E-state index >= 15 is 0 Å². The molecule has 6 heteroatoms. The van der Waals surface area contributed by atoms with Gasteiger partial charge in [-0.15, -0.1) is 0 Å². The first-order valence-corrected chi connectivity index (χ1v) is 7.28. The molecule has 2 rings (SSSR count).